The molecule has 5 heteroatoms. The Bertz CT molecular complexity index is 157. The average molecular weight is 218 g/mol. The summed E-state index contributed by atoms with van der Waals surface area (Å²) in [7, 11) is 3.25. The van der Waals surface area contributed by atoms with Crippen LogP contribution in [0.4, 0.5) is 4.79 Å². The first kappa shape index (κ1) is 14.2. The van der Waals surface area contributed by atoms with E-state index < -0.39 is 0 Å². The van der Waals surface area contributed by atoms with Crippen LogP contribution in [0, 0.1) is 0 Å². The maximum Gasteiger partial charge on any atom is 0.317 e. The lowest BCUT2D eigenvalue weighted by atomic mass is 10.4. The molecule has 0 unspecified atom stereocenters. The molecule has 15 heavy (non-hydrogen) atoms. The van der Waals surface area contributed by atoms with Crippen molar-refractivity contribution < 1.29 is 14.3 Å². The standard InChI is InChI=1S/C10H22N2O3/c1-4-5-11-10(13)12(6-8-14-2)7-9-15-3/h4-9H2,1-3H3,(H,11,13). The van der Waals surface area contributed by atoms with E-state index in [1.165, 1.54) is 0 Å². The van der Waals surface area contributed by atoms with E-state index in [0.717, 1.165) is 6.42 Å². The minimum absolute atomic E-state index is 0.0500. The highest BCUT2D eigenvalue weighted by Crippen LogP contribution is 1.91. The van der Waals surface area contributed by atoms with E-state index in [-0.39, 0.29) is 6.03 Å². The van der Waals surface area contributed by atoms with Crippen molar-refractivity contribution in [3.05, 3.63) is 0 Å². The quantitative estimate of drug-likeness (QED) is 0.652. The van der Waals surface area contributed by atoms with E-state index in [9.17, 15) is 4.79 Å². The molecule has 0 aliphatic carbocycles. The summed E-state index contributed by atoms with van der Waals surface area (Å²) in [5, 5.41) is 2.83. The molecular formula is C10H22N2O3. The number of carbonyl (C=O) groups excluding carboxylic acids is 1. The van der Waals surface area contributed by atoms with E-state index in [0.29, 0.717) is 32.8 Å². The first-order valence-corrected chi connectivity index (χ1v) is 5.26. The number of nitrogens with zero attached hydrogens (tertiary/aromatic N) is 1. The van der Waals surface area contributed by atoms with Crippen LogP contribution in [0.1, 0.15) is 13.3 Å². The molecule has 0 aromatic heterocycles. The van der Waals surface area contributed by atoms with Gasteiger partial charge in [-0.2, -0.15) is 0 Å². The summed E-state index contributed by atoms with van der Waals surface area (Å²) in [5.41, 5.74) is 0. The molecule has 0 rings (SSSR count). The van der Waals surface area contributed by atoms with Crippen LogP contribution in [-0.2, 0) is 9.47 Å². The van der Waals surface area contributed by atoms with Crippen molar-refractivity contribution in [1.29, 1.82) is 0 Å². The summed E-state index contributed by atoms with van der Waals surface area (Å²) >= 11 is 0. The highest BCUT2D eigenvalue weighted by molar-refractivity contribution is 5.74. The number of rotatable bonds is 8. The van der Waals surface area contributed by atoms with Gasteiger partial charge in [-0.25, -0.2) is 4.79 Å². The summed E-state index contributed by atoms with van der Waals surface area (Å²) in [6, 6.07) is -0.0500. The number of nitrogens with one attached hydrogen (secondary N) is 1. The van der Waals surface area contributed by atoms with Crippen molar-refractivity contribution >= 4 is 6.03 Å². The van der Waals surface area contributed by atoms with E-state index >= 15 is 0 Å². The summed E-state index contributed by atoms with van der Waals surface area (Å²) in [4.78, 5) is 13.3. The van der Waals surface area contributed by atoms with E-state index in [1.807, 2.05) is 6.92 Å². The van der Waals surface area contributed by atoms with Gasteiger partial charge in [-0.3, -0.25) is 0 Å². The van der Waals surface area contributed by atoms with Crippen LogP contribution < -0.4 is 5.32 Å². The van der Waals surface area contributed by atoms with Crippen LogP contribution in [-0.4, -0.2) is 58.0 Å². The van der Waals surface area contributed by atoms with Gasteiger partial charge in [0.15, 0.2) is 0 Å². The second-order valence-electron chi connectivity index (χ2n) is 3.20. The Morgan fingerprint density at radius 2 is 1.73 bits per heavy atom. The zero-order chi connectivity index (χ0) is 11.5. The molecule has 0 saturated carbocycles. The van der Waals surface area contributed by atoms with Crippen LogP contribution in [0.5, 0.6) is 0 Å². The first-order chi connectivity index (χ1) is 7.26. The van der Waals surface area contributed by atoms with Gasteiger partial charge in [-0.15, -0.1) is 0 Å². The number of hydrogen-bond donors (Lipinski definition) is 1. The lowest BCUT2D eigenvalue weighted by molar-refractivity contribution is 0.122. The Balaban J connectivity index is 3.90. The normalized spacial score (nSPS) is 10.1. The minimum atomic E-state index is -0.0500. The summed E-state index contributed by atoms with van der Waals surface area (Å²) < 4.78 is 9.89. The predicted octanol–water partition coefficient (Wildman–Crippen LogP) is 0.701. The summed E-state index contributed by atoms with van der Waals surface area (Å²) in [6.07, 6.45) is 0.939. The molecular weight excluding hydrogens is 196 g/mol. The highest BCUT2D eigenvalue weighted by atomic mass is 16.5. The fourth-order valence-electron chi connectivity index (χ4n) is 1.06. The van der Waals surface area contributed by atoms with Crippen LogP contribution in [0.15, 0.2) is 0 Å². The van der Waals surface area contributed by atoms with Crippen LogP contribution in [0.25, 0.3) is 0 Å². The average Bonchev–Trinajstić information content (AvgIpc) is 2.26. The summed E-state index contributed by atoms with van der Waals surface area (Å²) in [6.45, 7) is 5.00. The minimum Gasteiger partial charge on any atom is -0.383 e. The highest BCUT2D eigenvalue weighted by Gasteiger charge is 2.11. The third-order valence-electron chi connectivity index (χ3n) is 1.94. The Hall–Kier alpha value is -0.810. The Kier molecular flexibility index (Phi) is 9.21. The van der Waals surface area contributed by atoms with Gasteiger partial charge in [-0.1, -0.05) is 6.92 Å². The lowest BCUT2D eigenvalue weighted by Gasteiger charge is -2.22. The lowest BCUT2D eigenvalue weighted by Crippen LogP contribution is -2.43. The Labute approximate surface area is 91.7 Å². The van der Waals surface area contributed by atoms with Gasteiger partial charge in [0, 0.05) is 33.9 Å². The largest absolute Gasteiger partial charge is 0.383 e. The van der Waals surface area contributed by atoms with Crippen molar-refractivity contribution in [1.82, 2.24) is 10.2 Å². The van der Waals surface area contributed by atoms with Gasteiger partial charge in [0.2, 0.25) is 0 Å². The third-order valence-corrected chi connectivity index (χ3v) is 1.94. The van der Waals surface area contributed by atoms with Crippen molar-refractivity contribution in [2.24, 2.45) is 0 Å². The molecule has 0 heterocycles. The maximum atomic E-state index is 11.6. The monoisotopic (exact) mass is 218 g/mol. The molecule has 0 spiro atoms. The number of ether oxygens (including phenoxy) is 2. The zero-order valence-corrected chi connectivity index (χ0v) is 9.91. The Morgan fingerprint density at radius 1 is 1.20 bits per heavy atom. The summed E-state index contributed by atoms with van der Waals surface area (Å²) in [5.74, 6) is 0. The molecule has 0 bridgehead atoms. The molecule has 0 aliphatic heterocycles. The van der Waals surface area contributed by atoms with Crippen molar-refractivity contribution in [2.75, 3.05) is 47.1 Å². The number of urea groups is 1. The van der Waals surface area contributed by atoms with Crippen molar-refractivity contribution in [3.63, 3.8) is 0 Å². The topological polar surface area (TPSA) is 50.8 Å². The number of hydrogen-bond acceptors (Lipinski definition) is 3. The van der Waals surface area contributed by atoms with E-state index in [1.54, 1.807) is 19.1 Å². The van der Waals surface area contributed by atoms with Gasteiger partial charge in [0.1, 0.15) is 0 Å². The Morgan fingerprint density at radius 3 is 2.13 bits per heavy atom. The third kappa shape index (κ3) is 7.16. The first-order valence-electron chi connectivity index (χ1n) is 5.26. The second-order valence-corrected chi connectivity index (χ2v) is 3.20. The van der Waals surface area contributed by atoms with E-state index in [2.05, 4.69) is 5.32 Å². The van der Waals surface area contributed by atoms with Crippen LogP contribution >= 0.6 is 0 Å². The molecule has 2 amide bonds. The van der Waals surface area contributed by atoms with Gasteiger partial charge >= 0.3 is 6.03 Å². The molecule has 0 radical (unpaired) electrons. The smallest absolute Gasteiger partial charge is 0.317 e. The molecule has 0 fully saturated rings. The number of methoxy groups -OCH3 is 2. The zero-order valence-electron chi connectivity index (χ0n) is 9.91. The van der Waals surface area contributed by atoms with Gasteiger partial charge in [0.05, 0.1) is 13.2 Å². The fraction of sp³-hybridized carbons (Fsp3) is 0.900. The molecule has 0 atom stereocenters. The van der Waals surface area contributed by atoms with Crippen LogP contribution in [0.2, 0.25) is 0 Å². The molecule has 0 saturated heterocycles. The van der Waals surface area contributed by atoms with Gasteiger partial charge < -0.3 is 19.7 Å². The molecule has 1 N–H and O–H groups in total. The fourth-order valence-corrected chi connectivity index (χ4v) is 1.06. The van der Waals surface area contributed by atoms with E-state index in [4.69, 9.17) is 9.47 Å². The molecule has 5 nitrogen and oxygen atoms in total. The number of amides is 2. The van der Waals surface area contributed by atoms with Gasteiger partial charge in [-0.05, 0) is 6.42 Å². The maximum absolute atomic E-state index is 11.6. The molecule has 90 valence electrons. The molecule has 0 aliphatic rings. The molecule has 0 aromatic rings. The number of carbonyl (C=O) groups is 1. The second kappa shape index (κ2) is 9.73. The molecule has 0 aromatic carbocycles. The van der Waals surface area contributed by atoms with Crippen LogP contribution in [0.3, 0.4) is 0 Å². The van der Waals surface area contributed by atoms with Crippen molar-refractivity contribution in [3.8, 4) is 0 Å². The van der Waals surface area contributed by atoms with Gasteiger partial charge in [0.25, 0.3) is 0 Å². The van der Waals surface area contributed by atoms with Crippen molar-refractivity contribution in [2.45, 2.75) is 13.3 Å². The SMILES string of the molecule is CCCNC(=O)N(CCOC)CCOC. The predicted molar refractivity (Wildman–Crippen MR) is 59.0 cm³/mol.